The van der Waals surface area contributed by atoms with Gasteiger partial charge in [0.2, 0.25) is 0 Å². The summed E-state index contributed by atoms with van der Waals surface area (Å²) in [6, 6.07) is 0. The molecular formula is C6H11NO4. The van der Waals surface area contributed by atoms with Crippen molar-refractivity contribution in [1.29, 1.82) is 0 Å². The van der Waals surface area contributed by atoms with Gasteiger partial charge in [-0.3, -0.25) is 4.79 Å². The average Bonchev–Trinajstić information content (AvgIpc) is 2.10. The Kier molecular flexibility index (Phi) is 2.43. The summed E-state index contributed by atoms with van der Waals surface area (Å²) in [6.07, 6.45) is -1.62. The molecule has 1 saturated heterocycles. The molecule has 0 unspecified atom stereocenters. The molecule has 5 heteroatoms. The molecular weight excluding hydrogens is 150 g/mol. The third-order valence-corrected chi connectivity index (χ3v) is 1.48. The molecule has 1 rings (SSSR count). The van der Waals surface area contributed by atoms with E-state index in [4.69, 9.17) is 10.2 Å². The highest BCUT2D eigenvalue weighted by molar-refractivity contribution is 5.65. The van der Waals surface area contributed by atoms with E-state index in [1.165, 1.54) is 12.0 Å². The summed E-state index contributed by atoms with van der Waals surface area (Å²) < 4.78 is 0. The first-order valence-electron chi connectivity index (χ1n) is 3.39. The highest BCUT2D eigenvalue weighted by atomic mass is 16.7. The van der Waals surface area contributed by atoms with E-state index in [1.807, 2.05) is 0 Å². The summed E-state index contributed by atoms with van der Waals surface area (Å²) >= 11 is 0. The largest absolute Gasteiger partial charge is 0.389 e. The first-order valence-corrected chi connectivity index (χ1v) is 3.39. The molecule has 0 aliphatic carbocycles. The lowest BCUT2D eigenvalue weighted by Gasteiger charge is -2.11. The monoisotopic (exact) mass is 161 g/mol. The highest BCUT2D eigenvalue weighted by Crippen LogP contribution is 2.09. The second-order valence-electron chi connectivity index (χ2n) is 2.56. The van der Waals surface area contributed by atoms with E-state index in [1.54, 1.807) is 0 Å². The van der Waals surface area contributed by atoms with Crippen molar-refractivity contribution >= 4 is 5.97 Å². The second-order valence-corrected chi connectivity index (χ2v) is 2.56. The molecule has 0 bridgehead atoms. The van der Waals surface area contributed by atoms with Gasteiger partial charge >= 0.3 is 5.97 Å². The molecule has 0 aromatic rings. The Balaban J connectivity index is 2.35. The number of carbonyl (C=O) groups is 1. The molecule has 1 heterocycles. The van der Waals surface area contributed by atoms with Gasteiger partial charge in [0.05, 0.1) is 25.3 Å². The Morgan fingerprint density at radius 2 is 1.91 bits per heavy atom. The minimum atomic E-state index is -0.811. The average molecular weight is 161 g/mol. The smallest absolute Gasteiger partial charge is 0.322 e. The summed E-state index contributed by atoms with van der Waals surface area (Å²) in [5.41, 5.74) is 0. The summed E-state index contributed by atoms with van der Waals surface area (Å²) in [5, 5.41) is 19.2. The Morgan fingerprint density at radius 1 is 1.45 bits per heavy atom. The van der Waals surface area contributed by atoms with E-state index in [-0.39, 0.29) is 13.1 Å². The molecule has 11 heavy (non-hydrogen) atoms. The second kappa shape index (κ2) is 3.17. The van der Waals surface area contributed by atoms with Crippen molar-refractivity contribution in [2.45, 2.75) is 19.1 Å². The van der Waals surface area contributed by atoms with Crippen molar-refractivity contribution in [2.24, 2.45) is 0 Å². The molecule has 64 valence electrons. The third-order valence-electron chi connectivity index (χ3n) is 1.48. The Bertz CT molecular complexity index is 151. The standard InChI is InChI=1S/C6H11NO4/c1-4(8)11-7-2-5(9)6(10)3-7/h5-6,9-10H,2-3H2,1H3/t5-,6-/m0/s1. The van der Waals surface area contributed by atoms with E-state index < -0.39 is 18.2 Å². The van der Waals surface area contributed by atoms with E-state index >= 15 is 0 Å². The fourth-order valence-electron chi connectivity index (χ4n) is 0.992. The molecule has 2 atom stereocenters. The van der Waals surface area contributed by atoms with Crippen molar-refractivity contribution in [3.8, 4) is 0 Å². The van der Waals surface area contributed by atoms with Crippen LogP contribution in [0.1, 0.15) is 6.92 Å². The van der Waals surface area contributed by atoms with E-state index in [9.17, 15) is 4.79 Å². The number of hydroxylamine groups is 2. The van der Waals surface area contributed by atoms with Crippen LogP contribution in [-0.2, 0) is 9.63 Å². The van der Waals surface area contributed by atoms with Crippen LogP contribution in [0.5, 0.6) is 0 Å². The minimum Gasteiger partial charge on any atom is -0.389 e. The highest BCUT2D eigenvalue weighted by Gasteiger charge is 2.31. The minimum absolute atomic E-state index is 0.181. The maximum absolute atomic E-state index is 10.4. The fourth-order valence-corrected chi connectivity index (χ4v) is 0.992. The molecule has 0 radical (unpaired) electrons. The van der Waals surface area contributed by atoms with Crippen molar-refractivity contribution < 1.29 is 19.8 Å². The molecule has 0 aromatic carbocycles. The normalized spacial score (nSPS) is 32.3. The molecule has 0 aromatic heterocycles. The molecule has 5 nitrogen and oxygen atoms in total. The van der Waals surface area contributed by atoms with Crippen molar-refractivity contribution in [3.63, 3.8) is 0 Å². The van der Waals surface area contributed by atoms with Gasteiger partial charge in [-0.15, -0.1) is 5.06 Å². The molecule has 2 N–H and O–H groups in total. The molecule has 1 aliphatic rings. The van der Waals surface area contributed by atoms with Gasteiger partial charge in [0, 0.05) is 6.92 Å². The van der Waals surface area contributed by atoms with Crippen LogP contribution in [-0.4, -0.2) is 46.5 Å². The van der Waals surface area contributed by atoms with Gasteiger partial charge in [0.25, 0.3) is 0 Å². The molecule has 0 saturated carbocycles. The van der Waals surface area contributed by atoms with Crippen molar-refractivity contribution in [2.75, 3.05) is 13.1 Å². The molecule has 1 fully saturated rings. The first kappa shape index (κ1) is 8.45. The zero-order chi connectivity index (χ0) is 8.43. The Morgan fingerprint density at radius 3 is 2.27 bits per heavy atom. The van der Waals surface area contributed by atoms with Gasteiger partial charge in [-0.05, 0) is 0 Å². The predicted molar refractivity (Wildman–Crippen MR) is 35.4 cm³/mol. The van der Waals surface area contributed by atoms with Gasteiger partial charge in [-0.1, -0.05) is 0 Å². The summed E-state index contributed by atoms with van der Waals surface area (Å²) in [5.74, 6) is -0.439. The lowest BCUT2D eigenvalue weighted by Crippen LogP contribution is -2.24. The number of hydrogen-bond donors (Lipinski definition) is 2. The van der Waals surface area contributed by atoms with Crippen molar-refractivity contribution in [3.05, 3.63) is 0 Å². The summed E-state index contributed by atoms with van der Waals surface area (Å²) in [4.78, 5) is 15.0. The zero-order valence-corrected chi connectivity index (χ0v) is 6.23. The Hall–Kier alpha value is -0.650. The fraction of sp³-hybridized carbons (Fsp3) is 0.833. The van der Waals surface area contributed by atoms with Crippen LogP contribution in [0.4, 0.5) is 0 Å². The number of aliphatic hydroxyl groups excluding tert-OH is 2. The number of β-amino-alcohol motifs (C(OH)–C–C–N with tert-alkyl or cyclic N) is 2. The van der Waals surface area contributed by atoms with Gasteiger partial charge < -0.3 is 15.1 Å². The number of rotatable bonds is 1. The van der Waals surface area contributed by atoms with Crippen molar-refractivity contribution in [1.82, 2.24) is 5.06 Å². The maximum atomic E-state index is 10.4. The zero-order valence-electron chi connectivity index (χ0n) is 6.23. The lowest BCUT2D eigenvalue weighted by atomic mass is 10.3. The number of nitrogens with zero attached hydrogens (tertiary/aromatic N) is 1. The van der Waals surface area contributed by atoms with Crippen LogP contribution < -0.4 is 0 Å². The van der Waals surface area contributed by atoms with Crippen LogP contribution in [0, 0.1) is 0 Å². The summed E-state index contributed by atoms with van der Waals surface area (Å²) in [6.45, 7) is 1.64. The SMILES string of the molecule is CC(=O)ON1C[C@H](O)[C@@H](O)C1. The van der Waals surface area contributed by atoms with E-state index in [0.29, 0.717) is 0 Å². The molecule has 1 aliphatic heterocycles. The number of hydrogen-bond acceptors (Lipinski definition) is 5. The van der Waals surface area contributed by atoms with Crippen LogP contribution in [0.25, 0.3) is 0 Å². The topological polar surface area (TPSA) is 70.0 Å². The predicted octanol–water partition coefficient (Wildman–Crippen LogP) is -1.50. The lowest BCUT2D eigenvalue weighted by molar-refractivity contribution is -0.184. The number of aliphatic hydroxyl groups is 2. The van der Waals surface area contributed by atoms with Gasteiger partial charge in [-0.2, -0.15) is 0 Å². The Labute approximate surface area is 64.1 Å². The van der Waals surface area contributed by atoms with Gasteiger partial charge in [0.1, 0.15) is 0 Å². The summed E-state index contributed by atoms with van der Waals surface area (Å²) in [7, 11) is 0. The van der Waals surface area contributed by atoms with Crippen LogP contribution in [0.15, 0.2) is 0 Å². The van der Waals surface area contributed by atoms with Crippen LogP contribution in [0.2, 0.25) is 0 Å². The third kappa shape index (κ3) is 2.14. The van der Waals surface area contributed by atoms with E-state index in [0.717, 1.165) is 0 Å². The number of carbonyl (C=O) groups excluding carboxylic acids is 1. The quantitative estimate of drug-likeness (QED) is 0.490. The van der Waals surface area contributed by atoms with Gasteiger partial charge in [0.15, 0.2) is 0 Å². The van der Waals surface area contributed by atoms with Crippen LogP contribution in [0.3, 0.4) is 0 Å². The van der Waals surface area contributed by atoms with E-state index in [2.05, 4.69) is 4.84 Å². The molecule has 0 spiro atoms. The van der Waals surface area contributed by atoms with Gasteiger partial charge in [-0.25, -0.2) is 0 Å². The molecule has 0 amide bonds. The van der Waals surface area contributed by atoms with Crippen LogP contribution >= 0.6 is 0 Å². The first-order chi connectivity index (χ1) is 5.09. The maximum Gasteiger partial charge on any atom is 0.322 e.